The summed E-state index contributed by atoms with van der Waals surface area (Å²) in [6, 6.07) is 10.3. The van der Waals surface area contributed by atoms with Gasteiger partial charge in [0, 0.05) is 34.4 Å². The second-order valence-electron chi connectivity index (χ2n) is 9.04. The molecule has 0 bridgehead atoms. The lowest BCUT2D eigenvalue weighted by molar-refractivity contribution is 0.0791. The molecule has 2 aromatic carbocycles. The molecule has 1 saturated heterocycles. The maximum absolute atomic E-state index is 13.2. The van der Waals surface area contributed by atoms with E-state index in [0.29, 0.717) is 22.0 Å². The average Bonchev–Trinajstić information content (AvgIpc) is 3.40. The number of likely N-dealkylation sites (tertiary alicyclic amines) is 1. The van der Waals surface area contributed by atoms with Crippen LogP contribution in [0.4, 0.5) is 0 Å². The summed E-state index contributed by atoms with van der Waals surface area (Å²) in [6.07, 6.45) is 2.09. The average molecular weight is 471 g/mol. The van der Waals surface area contributed by atoms with Crippen molar-refractivity contribution in [2.24, 2.45) is 0 Å². The van der Waals surface area contributed by atoms with Crippen molar-refractivity contribution in [1.82, 2.24) is 20.2 Å². The maximum Gasteiger partial charge on any atom is 0.254 e. The van der Waals surface area contributed by atoms with E-state index in [0.717, 1.165) is 42.5 Å². The quantitative estimate of drug-likeness (QED) is 0.521. The fraction of sp³-hybridized carbons (Fsp3) is 0.375. The predicted octanol–water partition coefficient (Wildman–Crippen LogP) is 4.89. The van der Waals surface area contributed by atoms with Crippen molar-refractivity contribution < 1.29 is 9.59 Å². The number of hydrogen-bond acceptors (Lipinski definition) is 3. The Morgan fingerprint density at radius 2 is 1.91 bits per heavy atom. The number of nitrogens with one attached hydrogen (secondary N) is 2. The van der Waals surface area contributed by atoms with Gasteiger partial charge in [-0.2, -0.15) is 0 Å². The molecule has 4 rings (SSSR count). The lowest BCUT2D eigenvalue weighted by atomic mass is 10.00. The van der Waals surface area contributed by atoms with E-state index in [2.05, 4.69) is 24.5 Å². The summed E-state index contributed by atoms with van der Waals surface area (Å²) in [6.45, 7) is 7.51. The number of aromatic amines is 1. The molecule has 2 heterocycles. The lowest BCUT2D eigenvalue weighted by Crippen LogP contribution is -2.39. The Bertz CT molecular complexity index is 1180. The molecule has 0 spiro atoms. The van der Waals surface area contributed by atoms with Crippen molar-refractivity contribution >= 4 is 43.7 Å². The minimum atomic E-state index is -0.377. The van der Waals surface area contributed by atoms with Crippen molar-refractivity contribution in [2.75, 3.05) is 13.1 Å². The summed E-state index contributed by atoms with van der Waals surface area (Å²) in [5.41, 5.74) is 3.58. The van der Waals surface area contributed by atoms with Crippen molar-refractivity contribution in [1.29, 1.82) is 0 Å². The highest BCUT2D eigenvalue weighted by Gasteiger charge is 2.31. The van der Waals surface area contributed by atoms with E-state index in [1.807, 2.05) is 37.8 Å². The zero-order valence-electron chi connectivity index (χ0n) is 18.5. The van der Waals surface area contributed by atoms with Gasteiger partial charge in [0.1, 0.15) is 5.82 Å². The number of nitrogens with zero attached hydrogens (tertiary/aromatic N) is 2. The van der Waals surface area contributed by atoms with Crippen LogP contribution in [0.25, 0.3) is 11.0 Å². The van der Waals surface area contributed by atoms with Crippen molar-refractivity contribution in [3.8, 4) is 0 Å². The number of H-pyrrole nitrogens is 1. The van der Waals surface area contributed by atoms with E-state index in [9.17, 15) is 9.59 Å². The van der Waals surface area contributed by atoms with Crippen molar-refractivity contribution in [3.63, 3.8) is 0 Å². The van der Waals surface area contributed by atoms with E-state index >= 15 is 0 Å². The van der Waals surface area contributed by atoms with Gasteiger partial charge in [-0.1, -0.05) is 25.4 Å². The molecule has 6 nitrogen and oxygen atoms in total. The Kier molecular flexibility index (Phi) is 6.28. The van der Waals surface area contributed by atoms with Crippen LogP contribution in [0.2, 0.25) is 5.02 Å². The number of fused-ring (bicyclic) bond motifs is 1. The number of amides is 2. The van der Waals surface area contributed by atoms with E-state index in [1.165, 1.54) is 0 Å². The molecule has 1 aliphatic rings. The Balaban J connectivity index is 1.58. The number of halogens is 1. The predicted molar refractivity (Wildman–Crippen MR) is 131 cm³/mol. The first kappa shape index (κ1) is 22.8. The van der Waals surface area contributed by atoms with Crippen LogP contribution in [0.1, 0.15) is 64.8 Å². The zero-order valence-corrected chi connectivity index (χ0v) is 20.4. The van der Waals surface area contributed by atoms with Gasteiger partial charge in [-0.05, 0) is 61.7 Å². The lowest BCUT2D eigenvalue weighted by Gasteiger charge is -2.29. The molecule has 1 aliphatic heterocycles. The van der Waals surface area contributed by atoms with Crippen LogP contribution in [0, 0.1) is 6.92 Å². The molecule has 3 aromatic rings. The smallest absolute Gasteiger partial charge is 0.254 e. The second kappa shape index (κ2) is 8.84. The minimum absolute atomic E-state index is 0.0388. The maximum atomic E-state index is 13.2. The van der Waals surface area contributed by atoms with E-state index in [1.54, 1.807) is 24.3 Å². The Morgan fingerprint density at radius 1 is 1.19 bits per heavy atom. The number of aryl methyl sites for hydroxylation is 1. The molecule has 32 heavy (non-hydrogen) atoms. The summed E-state index contributed by atoms with van der Waals surface area (Å²) in [7, 11) is 2.78. The third-order valence-corrected chi connectivity index (χ3v) is 6.44. The highest BCUT2D eigenvalue weighted by Crippen LogP contribution is 2.33. The standard InChI is InChI=1S/C24H28ClN4O2P/c1-14-12-15(6-8-17(14)23(31)29-10-4-5-11-29)22(30)28-20(24(2,3)32)21-26-18-9-7-16(25)13-19(18)27-21/h6-9,12-13,20H,4-5,10-11,32H2,1-3H3,(H,26,27)(H,28,30). The normalized spacial score (nSPS) is 15.2. The third-order valence-electron chi connectivity index (χ3n) is 5.87. The molecule has 8 heteroatoms. The molecule has 1 fully saturated rings. The first-order chi connectivity index (χ1) is 15.1. The molecule has 2 unspecified atom stereocenters. The Labute approximate surface area is 195 Å². The zero-order chi connectivity index (χ0) is 23.0. The molecule has 168 valence electrons. The third kappa shape index (κ3) is 4.67. The molecular weight excluding hydrogens is 443 g/mol. The molecule has 2 N–H and O–H groups in total. The van der Waals surface area contributed by atoms with E-state index in [-0.39, 0.29) is 23.0 Å². The van der Waals surface area contributed by atoms with Crippen LogP contribution >= 0.6 is 20.8 Å². The van der Waals surface area contributed by atoms with Gasteiger partial charge >= 0.3 is 0 Å². The van der Waals surface area contributed by atoms with Gasteiger partial charge in [0.15, 0.2) is 0 Å². The van der Waals surface area contributed by atoms with Gasteiger partial charge in [0.05, 0.1) is 17.1 Å². The molecule has 2 amide bonds. The van der Waals surface area contributed by atoms with Crippen molar-refractivity contribution in [3.05, 3.63) is 63.9 Å². The van der Waals surface area contributed by atoms with Gasteiger partial charge in [-0.25, -0.2) is 4.98 Å². The largest absolute Gasteiger partial charge is 0.341 e. The van der Waals surface area contributed by atoms with Crippen LogP contribution in [0.3, 0.4) is 0 Å². The Morgan fingerprint density at radius 3 is 2.56 bits per heavy atom. The van der Waals surface area contributed by atoms with Gasteiger partial charge in [0.2, 0.25) is 0 Å². The highest BCUT2D eigenvalue weighted by molar-refractivity contribution is 7.18. The van der Waals surface area contributed by atoms with E-state index in [4.69, 9.17) is 11.6 Å². The monoisotopic (exact) mass is 470 g/mol. The number of rotatable bonds is 5. The highest BCUT2D eigenvalue weighted by atomic mass is 35.5. The van der Waals surface area contributed by atoms with E-state index < -0.39 is 0 Å². The van der Waals surface area contributed by atoms with Gasteiger partial charge < -0.3 is 15.2 Å². The summed E-state index contributed by atoms with van der Waals surface area (Å²) in [4.78, 5) is 35.8. The van der Waals surface area contributed by atoms with Crippen LogP contribution in [-0.2, 0) is 0 Å². The number of benzene rings is 2. The number of hydrogen-bond donors (Lipinski definition) is 2. The number of aromatic nitrogens is 2. The molecular formula is C24H28ClN4O2P. The van der Waals surface area contributed by atoms with Crippen LogP contribution in [-0.4, -0.2) is 44.9 Å². The summed E-state index contributed by atoms with van der Waals surface area (Å²) < 4.78 is 0. The van der Waals surface area contributed by atoms with Crippen LogP contribution < -0.4 is 5.32 Å². The topological polar surface area (TPSA) is 78.1 Å². The SMILES string of the molecule is Cc1cc(C(=O)NC(c2nc3ccc(Cl)cc3[nH]2)C(C)(C)P)ccc1C(=O)N1CCCC1. The van der Waals surface area contributed by atoms with Crippen LogP contribution in [0.15, 0.2) is 36.4 Å². The second-order valence-corrected chi connectivity index (χ2v) is 11.0. The molecule has 2 atom stereocenters. The summed E-state index contributed by atoms with van der Waals surface area (Å²) in [5, 5.41) is 3.37. The summed E-state index contributed by atoms with van der Waals surface area (Å²) in [5.74, 6) is 0.484. The molecule has 1 aromatic heterocycles. The Hall–Kier alpha value is -2.43. The molecule has 0 radical (unpaired) electrons. The van der Waals surface area contributed by atoms with Crippen LogP contribution in [0.5, 0.6) is 0 Å². The van der Waals surface area contributed by atoms with Crippen molar-refractivity contribution in [2.45, 2.75) is 44.8 Å². The molecule has 0 saturated carbocycles. The van der Waals surface area contributed by atoms with Gasteiger partial charge in [-0.15, -0.1) is 9.24 Å². The molecule has 0 aliphatic carbocycles. The van der Waals surface area contributed by atoms with Gasteiger partial charge in [0.25, 0.3) is 11.8 Å². The first-order valence-corrected chi connectivity index (χ1v) is 11.7. The van der Waals surface area contributed by atoms with Gasteiger partial charge in [-0.3, -0.25) is 9.59 Å². The first-order valence-electron chi connectivity index (χ1n) is 10.8. The number of carbonyl (C=O) groups excluding carboxylic acids is 2. The summed E-state index contributed by atoms with van der Waals surface area (Å²) >= 11 is 6.10. The number of carbonyl (C=O) groups is 2. The minimum Gasteiger partial charge on any atom is -0.341 e. The number of imidazole rings is 1. The fourth-order valence-electron chi connectivity index (χ4n) is 4.09. The fourth-order valence-corrected chi connectivity index (χ4v) is 4.51.